The highest BCUT2D eigenvalue weighted by Crippen LogP contribution is 2.37. The third-order valence-electron chi connectivity index (χ3n) is 4.55. The molecular weight excluding hydrogens is 278 g/mol. The SMILES string of the molecule is O=S1CCC(Nc2ccc3c(c2)Cc2ccccc2-3)CC1. The maximum absolute atomic E-state index is 11.4. The molecule has 2 aromatic carbocycles. The van der Waals surface area contributed by atoms with Crippen molar-refractivity contribution in [3.8, 4) is 11.1 Å². The van der Waals surface area contributed by atoms with Crippen LogP contribution in [0.25, 0.3) is 11.1 Å². The summed E-state index contributed by atoms with van der Waals surface area (Å²) in [5.41, 5.74) is 6.81. The van der Waals surface area contributed by atoms with Crippen LogP contribution in [0, 0.1) is 0 Å². The maximum atomic E-state index is 11.4. The lowest BCUT2D eigenvalue weighted by molar-refractivity contribution is 0.624. The summed E-state index contributed by atoms with van der Waals surface area (Å²) >= 11 is 0. The number of anilines is 1. The summed E-state index contributed by atoms with van der Waals surface area (Å²) in [6, 6.07) is 15.9. The van der Waals surface area contributed by atoms with Gasteiger partial charge in [0.05, 0.1) is 0 Å². The van der Waals surface area contributed by atoms with Crippen molar-refractivity contribution in [3.05, 3.63) is 53.6 Å². The standard InChI is InChI=1S/C18H19NOS/c20-21-9-7-15(8-10-21)19-16-5-6-18-14(12-16)11-13-3-1-2-4-17(13)18/h1-6,12,15,19H,7-11H2. The number of hydrogen-bond donors (Lipinski definition) is 1. The minimum absolute atomic E-state index is 0.476. The Hall–Kier alpha value is -1.61. The number of rotatable bonds is 2. The van der Waals surface area contributed by atoms with Gasteiger partial charge in [-0.15, -0.1) is 0 Å². The average Bonchev–Trinajstić information content (AvgIpc) is 2.87. The summed E-state index contributed by atoms with van der Waals surface area (Å²) in [6.07, 6.45) is 3.07. The van der Waals surface area contributed by atoms with Crippen LogP contribution in [0.5, 0.6) is 0 Å². The van der Waals surface area contributed by atoms with Crippen molar-refractivity contribution in [2.24, 2.45) is 0 Å². The normalized spacial score (nSPS) is 23.4. The Labute approximate surface area is 128 Å². The monoisotopic (exact) mass is 297 g/mol. The van der Waals surface area contributed by atoms with E-state index in [-0.39, 0.29) is 0 Å². The largest absolute Gasteiger partial charge is 0.382 e. The molecule has 0 saturated carbocycles. The molecule has 4 rings (SSSR count). The van der Waals surface area contributed by atoms with Gasteiger partial charge in [-0.05, 0) is 53.6 Å². The smallest absolute Gasteiger partial charge is 0.0345 e. The zero-order valence-electron chi connectivity index (χ0n) is 12.0. The average molecular weight is 297 g/mol. The minimum atomic E-state index is -0.586. The van der Waals surface area contributed by atoms with E-state index in [0.717, 1.165) is 30.8 Å². The van der Waals surface area contributed by atoms with Gasteiger partial charge in [-0.25, -0.2) is 0 Å². The molecular formula is C18H19NOS. The molecule has 0 spiro atoms. The van der Waals surface area contributed by atoms with Crippen molar-refractivity contribution in [2.45, 2.75) is 25.3 Å². The highest BCUT2D eigenvalue weighted by Gasteiger charge is 2.20. The lowest BCUT2D eigenvalue weighted by Crippen LogP contribution is -2.29. The summed E-state index contributed by atoms with van der Waals surface area (Å²) in [4.78, 5) is 0. The highest BCUT2D eigenvalue weighted by atomic mass is 32.2. The number of hydrogen-bond acceptors (Lipinski definition) is 2. The third-order valence-corrected chi connectivity index (χ3v) is 5.93. The second kappa shape index (κ2) is 5.30. The number of nitrogens with one attached hydrogen (secondary N) is 1. The molecule has 0 aromatic heterocycles. The molecule has 1 heterocycles. The zero-order valence-corrected chi connectivity index (χ0v) is 12.8. The van der Waals surface area contributed by atoms with Gasteiger partial charge in [0.15, 0.2) is 0 Å². The molecule has 2 nitrogen and oxygen atoms in total. The predicted molar refractivity (Wildman–Crippen MR) is 89.2 cm³/mol. The molecule has 1 N–H and O–H groups in total. The first-order valence-electron chi connectivity index (χ1n) is 7.62. The van der Waals surface area contributed by atoms with Gasteiger partial charge in [0.2, 0.25) is 0 Å². The minimum Gasteiger partial charge on any atom is -0.382 e. The molecule has 3 heteroatoms. The topological polar surface area (TPSA) is 29.1 Å². The van der Waals surface area contributed by atoms with E-state index in [1.165, 1.54) is 27.9 Å². The van der Waals surface area contributed by atoms with Crippen LogP contribution in [0.15, 0.2) is 42.5 Å². The molecule has 0 atom stereocenters. The van der Waals surface area contributed by atoms with Crippen LogP contribution in [-0.4, -0.2) is 21.8 Å². The Morgan fingerprint density at radius 3 is 2.57 bits per heavy atom. The van der Waals surface area contributed by atoms with E-state index >= 15 is 0 Å². The van der Waals surface area contributed by atoms with Crippen molar-refractivity contribution in [2.75, 3.05) is 16.8 Å². The molecule has 1 fully saturated rings. The number of fused-ring (bicyclic) bond motifs is 3. The van der Waals surface area contributed by atoms with Crippen molar-refractivity contribution >= 4 is 16.5 Å². The van der Waals surface area contributed by atoms with Crippen molar-refractivity contribution in [1.29, 1.82) is 0 Å². The first kappa shape index (κ1) is 13.1. The van der Waals surface area contributed by atoms with Gasteiger partial charge in [-0.2, -0.15) is 0 Å². The van der Waals surface area contributed by atoms with Crippen LogP contribution in [0.4, 0.5) is 5.69 Å². The molecule has 2 aliphatic rings. The summed E-state index contributed by atoms with van der Waals surface area (Å²) in [7, 11) is -0.586. The van der Waals surface area contributed by atoms with Crippen molar-refractivity contribution in [3.63, 3.8) is 0 Å². The van der Waals surface area contributed by atoms with E-state index < -0.39 is 10.8 Å². The summed E-state index contributed by atoms with van der Waals surface area (Å²) in [6.45, 7) is 0. The molecule has 1 aliphatic heterocycles. The van der Waals surface area contributed by atoms with E-state index in [4.69, 9.17) is 0 Å². The maximum Gasteiger partial charge on any atom is 0.0345 e. The quantitative estimate of drug-likeness (QED) is 0.783. The Bertz CT molecular complexity index is 700. The zero-order chi connectivity index (χ0) is 14.2. The second-order valence-corrected chi connectivity index (χ2v) is 7.67. The van der Waals surface area contributed by atoms with Gasteiger partial charge >= 0.3 is 0 Å². The van der Waals surface area contributed by atoms with Gasteiger partial charge in [0, 0.05) is 34.0 Å². The molecule has 1 saturated heterocycles. The highest BCUT2D eigenvalue weighted by molar-refractivity contribution is 7.85. The van der Waals surface area contributed by atoms with Crippen LogP contribution in [0.3, 0.4) is 0 Å². The molecule has 0 bridgehead atoms. The van der Waals surface area contributed by atoms with Gasteiger partial charge in [0.25, 0.3) is 0 Å². The lowest BCUT2D eigenvalue weighted by atomic mass is 10.0. The first-order chi connectivity index (χ1) is 10.3. The molecule has 1 aliphatic carbocycles. The third kappa shape index (κ3) is 2.51. The molecule has 108 valence electrons. The van der Waals surface area contributed by atoms with Crippen LogP contribution in [0.1, 0.15) is 24.0 Å². The fourth-order valence-corrected chi connectivity index (χ4v) is 4.71. The van der Waals surface area contributed by atoms with Crippen LogP contribution >= 0.6 is 0 Å². The predicted octanol–water partition coefficient (Wildman–Crippen LogP) is 3.58. The Morgan fingerprint density at radius 2 is 1.71 bits per heavy atom. The van der Waals surface area contributed by atoms with Gasteiger partial charge in [-0.3, -0.25) is 4.21 Å². The Balaban J connectivity index is 1.55. The van der Waals surface area contributed by atoms with Gasteiger partial charge < -0.3 is 5.32 Å². The van der Waals surface area contributed by atoms with Crippen LogP contribution in [0.2, 0.25) is 0 Å². The van der Waals surface area contributed by atoms with Gasteiger partial charge in [0.1, 0.15) is 0 Å². The molecule has 21 heavy (non-hydrogen) atoms. The fraction of sp³-hybridized carbons (Fsp3) is 0.333. The van der Waals surface area contributed by atoms with E-state index in [9.17, 15) is 4.21 Å². The molecule has 0 radical (unpaired) electrons. The van der Waals surface area contributed by atoms with Crippen molar-refractivity contribution < 1.29 is 4.21 Å². The van der Waals surface area contributed by atoms with E-state index in [1.54, 1.807) is 0 Å². The molecule has 0 amide bonds. The summed E-state index contributed by atoms with van der Waals surface area (Å²) in [5, 5.41) is 3.62. The Kier molecular flexibility index (Phi) is 3.30. The first-order valence-corrected chi connectivity index (χ1v) is 9.11. The van der Waals surface area contributed by atoms with Crippen LogP contribution in [-0.2, 0) is 17.2 Å². The van der Waals surface area contributed by atoms with E-state index in [0.29, 0.717) is 6.04 Å². The van der Waals surface area contributed by atoms with Gasteiger partial charge in [-0.1, -0.05) is 30.3 Å². The summed E-state index contributed by atoms with van der Waals surface area (Å²) < 4.78 is 11.4. The molecule has 2 aromatic rings. The van der Waals surface area contributed by atoms with Crippen molar-refractivity contribution in [1.82, 2.24) is 0 Å². The van der Waals surface area contributed by atoms with Crippen LogP contribution < -0.4 is 5.32 Å². The van der Waals surface area contributed by atoms with E-state index in [2.05, 4.69) is 47.8 Å². The lowest BCUT2D eigenvalue weighted by Gasteiger charge is -2.24. The second-order valence-electron chi connectivity index (χ2n) is 5.97. The Morgan fingerprint density at radius 1 is 0.952 bits per heavy atom. The fourth-order valence-electron chi connectivity index (χ4n) is 3.41. The molecule has 0 unspecified atom stereocenters. The van der Waals surface area contributed by atoms with E-state index in [1.807, 2.05) is 0 Å². The summed E-state index contributed by atoms with van der Waals surface area (Å²) in [5.74, 6) is 1.68. The number of benzene rings is 2.